The minimum Gasteiger partial charge on any atom is -0.389 e. The molecule has 16 heavy (non-hydrogen) atoms. The third kappa shape index (κ3) is 2.28. The van der Waals surface area contributed by atoms with Gasteiger partial charge in [0.1, 0.15) is 6.61 Å². The molecular weight excluding hydrogens is 198 g/mol. The second-order valence-corrected chi connectivity index (χ2v) is 3.94. The zero-order valence-corrected chi connectivity index (χ0v) is 9.38. The second-order valence-electron chi connectivity index (χ2n) is 3.94. The molecule has 0 bridgehead atoms. The summed E-state index contributed by atoms with van der Waals surface area (Å²) in [5, 5.41) is 9.50. The van der Waals surface area contributed by atoms with Crippen LogP contribution in [-0.2, 0) is 0 Å². The lowest BCUT2D eigenvalue weighted by molar-refractivity contribution is -0.715. The van der Waals surface area contributed by atoms with E-state index in [4.69, 9.17) is 0 Å². The van der Waals surface area contributed by atoms with Crippen LogP contribution in [0.1, 0.15) is 17.2 Å². The molecule has 0 saturated heterocycles. The fraction of sp³-hybridized carbons (Fsp3) is 0.214. The molecule has 0 fully saturated rings. The van der Waals surface area contributed by atoms with E-state index in [0.29, 0.717) is 0 Å². The summed E-state index contributed by atoms with van der Waals surface area (Å²) in [5.74, 6) is 0. The normalized spacial score (nSPS) is 12.4. The van der Waals surface area contributed by atoms with Gasteiger partial charge in [-0.05, 0) is 13.0 Å². The highest BCUT2D eigenvalue weighted by Crippen LogP contribution is 2.11. The summed E-state index contributed by atoms with van der Waals surface area (Å²) in [7, 11) is 0. The molecular formula is C14H16NO+. The molecule has 0 unspecified atom stereocenters. The largest absolute Gasteiger partial charge is 0.389 e. The molecule has 1 heterocycles. The summed E-state index contributed by atoms with van der Waals surface area (Å²) >= 11 is 0. The first kappa shape index (κ1) is 10.8. The number of rotatable bonds is 3. The number of aliphatic hydroxyl groups excluding tert-OH is 1. The molecule has 2 aromatic rings. The third-order valence-corrected chi connectivity index (χ3v) is 2.69. The van der Waals surface area contributed by atoms with Gasteiger partial charge in [0.15, 0.2) is 12.4 Å². The molecule has 82 valence electrons. The van der Waals surface area contributed by atoms with Crippen LogP contribution < -0.4 is 4.57 Å². The van der Waals surface area contributed by atoms with Crippen molar-refractivity contribution in [3.05, 3.63) is 66.0 Å². The predicted octanol–water partition coefficient (Wildman–Crippen LogP) is 1.86. The van der Waals surface area contributed by atoms with Crippen molar-refractivity contribution >= 4 is 0 Å². The number of aryl methyl sites for hydroxylation is 1. The molecule has 0 spiro atoms. The first-order valence-corrected chi connectivity index (χ1v) is 5.44. The molecule has 0 saturated carbocycles. The Balaban J connectivity index is 2.37. The monoisotopic (exact) mass is 214 g/mol. The van der Waals surface area contributed by atoms with Gasteiger partial charge in [-0.25, -0.2) is 0 Å². The molecule has 1 N–H and O–H groups in total. The number of pyridine rings is 1. The summed E-state index contributed by atoms with van der Waals surface area (Å²) in [6.45, 7) is 2.16. The maximum Gasteiger partial charge on any atom is 0.206 e. The van der Waals surface area contributed by atoms with Gasteiger partial charge in [0.25, 0.3) is 0 Å². The van der Waals surface area contributed by atoms with Crippen LogP contribution in [0.2, 0.25) is 0 Å². The fourth-order valence-electron chi connectivity index (χ4n) is 1.86. The Kier molecular flexibility index (Phi) is 3.32. The number of aliphatic hydroxyl groups is 1. The van der Waals surface area contributed by atoms with Gasteiger partial charge in [-0.15, -0.1) is 0 Å². The van der Waals surface area contributed by atoms with E-state index in [1.165, 1.54) is 5.56 Å². The molecule has 0 aliphatic heterocycles. The number of hydrogen-bond donors (Lipinski definition) is 1. The first-order chi connectivity index (χ1) is 7.81. The molecule has 0 amide bonds. The molecule has 0 radical (unpaired) electrons. The van der Waals surface area contributed by atoms with Crippen LogP contribution in [-0.4, -0.2) is 11.7 Å². The van der Waals surface area contributed by atoms with Gasteiger partial charge < -0.3 is 5.11 Å². The van der Waals surface area contributed by atoms with Crippen LogP contribution in [0.4, 0.5) is 0 Å². The van der Waals surface area contributed by atoms with Gasteiger partial charge in [-0.3, -0.25) is 0 Å². The topological polar surface area (TPSA) is 24.1 Å². The first-order valence-electron chi connectivity index (χ1n) is 5.44. The minimum absolute atomic E-state index is 0.00102. The van der Waals surface area contributed by atoms with Crippen molar-refractivity contribution in [2.75, 3.05) is 6.61 Å². The summed E-state index contributed by atoms with van der Waals surface area (Å²) in [6.07, 6.45) is 4.04. The SMILES string of the molecule is Cc1ccc[n+]([C@H](CO)c2ccccc2)c1. The standard InChI is InChI=1S/C14H16NO/c1-12-6-5-9-15(10-12)14(11-16)13-7-3-2-4-8-13/h2-10,14,16H,11H2,1H3/q+1/t14-/m1/s1. The van der Waals surface area contributed by atoms with Crippen LogP contribution in [0.15, 0.2) is 54.9 Å². The molecule has 0 aliphatic carbocycles. The third-order valence-electron chi connectivity index (χ3n) is 2.69. The summed E-state index contributed by atoms with van der Waals surface area (Å²) in [6, 6.07) is 14.1. The van der Waals surface area contributed by atoms with E-state index in [9.17, 15) is 5.11 Å². The van der Waals surface area contributed by atoms with Crippen molar-refractivity contribution in [1.82, 2.24) is 0 Å². The average molecular weight is 214 g/mol. The summed E-state index contributed by atoms with van der Waals surface area (Å²) < 4.78 is 2.05. The van der Waals surface area contributed by atoms with Crippen LogP contribution in [0.3, 0.4) is 0 Å². The van der Waals surface area contributed by atoms with Crippen molar-refractivity contribution in [3.8, 4) is 0 Å². The van der Waals surface area contributed by atoms with Crippen molar-refractivity contribution in [3.63, 3.8) is 0 Å². The van der Waals surface area contributed by atoms with E-state index in [-0.39, 0.29) is 12.6 Å². The Bertz CT molecular complexity index is 453. The van der Waals surface area contributed by atoms with E-state index in [1.807, 2.05) is 53.4 Å². The number of nitrogens with zero attached hydrogens (tertiary/aromatic N) is 1. The lowest BCUT2D eigenvalue weighted by Gasteiger charge is -2.10. The maximum absolute atomic E-state index is 9.50. The zero-order chi connectivity index (χ0) is 11.4. The van der Waals surface area contributed by atoms with Crippen molar-refractivity contribution in [1.29, 1.82) is 0 Å². The molecule has 1 aromatic carbocycles. The van der Waals surface area contributed by atoms with Gasteiger partial charge in [0.2, 0.25) is 6.04 Å². The lowest BCUT2D eigenvalue weighted by Crippen LogP contribution is -2.41. The number of aromatic nitrogens is 1. The Morgan fingerprint density at radius 3 is 2.50 bits per heavy atom. The highest BCUT2D eigenvalue weighted by atomic mass is 16.3. The fourth-order valence-corrected chi connectivity index (χ4v) is 1.86. The number of hydrogen-bond acceptors (Lipinski definition) is 1. The van der Waals surface area contributed by atoms with Crippen LogP contribution >= 0.6 is 0 Å². The molecule has 2 heteroatoms. The van der Waals surface area contributed by atoms with Crippen LogP contribution in [0, 0.1) is 6.92 Å². The predicted molar refractivity (Wildman–Crippen MR) is 63.0 cm³/mol. The average Bonchev–Trinajstić information content (AvgIpc) is 2.31. The van der Waals surface area contributed by atoms with Crippen molar-refractivity contribution < 1.29 is 9.67 Å². The van der Waals surface area contributed by atoms with Crippen LogP contribution in [0.5, 0.6) is 0 Å². The molecule has 2 rings (SSSR count). The van der Waals surface area contributed by atoms with E-state index in [0.717, 1.165) is 5.56 Å². The Morgan fingerprint density at radius 2 is 1.88 bits per heavy atom. The Morgan fingerprint density at radius 1 is 1.12 bits per heavy atom. The van der Waals surface area contributed by atoms with Gasteiger partial charge in [0.05, 0.1) is 0 Å². The second kappa shape index (κ2) is 4.90. The number of benzene rings is 1. The van der Waals surface area contributed by atoms with Gasteiger partial charge >= 0.3 is 0 Å². The molecule has 0 aliphatic rings. The smallest absolute Gasteiger partial charge is 0.206 e. The molecule has 1 atom stereocenters. The van der Waals surface area contributed by atoms with E-state index in [2.05, 4.69) is 13.0 Å². The van der Waals surface area contributed by atoms with Crippen LogP contribution in [0.25, 0.3) is 0 Å². The van der Waals surface area contributed by atoms with Gasteiger partial charge in [0, 0.05) is 17.2 Å². The minimum atomic E-state index is 0.00102. The van der Waals surface area contributed by atoms with Crippen molar-refractivity contribution in [2.24, 2.45) is 0 Å². The van der Waals surface area contributed by atoms with E-state index >= 15 is 0 Å². The highest BCUT2D eigenvalue weighted by Gasteiger charge is 2.19. The summed E-state index contributed by atoms with van der Waals surface area (Å²) in [5.41, 5.74) is 2.32. The van der Waals surface area contributed by atoms with Crippen molar-refractivity contribution in [2.45, 2.75) is 13.0 Å². The molecule has 2 nitrogen and oxygen atoms in total. The van der Waals surface area contributed by atoms with Gasteiger partial charge in [-0.2, -0.15) is 4.57 Å². The Hall–Kier alpha value is -1.67. The molecule has 1 aromatic heterocycles. The lowest BCUT2D eigenvalue weighted by atomic mass is 10.1. The zero-order valence-electron chi connectivity index (χ0n) is 9.38. The van der Waals surface area contributed by atoms with E-state index in [1.54, 1.807) is 0 Å². The maximum atomic E-state index is 9.50. The Labute approximate surface area is 95.8 Å². The quantitative estimate of drug-likeness (QED) is 0.775. The van der Waals surface area contributed by atoms with Gasteiger partial charge in [-0.1, -0.05) is 30.3 Å². The van der Waals surface area contributed by atoms with E-state index < -0.39 is 0 Å². The highest BCUT2D eigenvalue weighted by molar-refractivity contribution is 5.17. The summed E-state index contributed by atoms with van der Waals surface area (Å²) in [4.78, 5) is 0.